The highest BCUT2D eigenvalue weighted by atomic mass is 32.2. The van der Waals surface area contributed by atoms with Crippen molar-refractivity contribution >= 4 is 21.6 Å². The minimum atomic E-state index is -3.52. The van der Waals surface area contributed by atoms with Crippen molar-refractivity contribution in [3.63, 3.8) is 0 Å². The van der Waals surface area contributed by atoms with Gasteiger partial charge in [-0.15, -0.1) is 0 Å². The molecule has 2 heterocycles. The molecule has 7 heteroatoms. The Morgan fingerprint density at radius 3 is 2.64 bits per heavy atom. The molecule has 0 aliphatic carbocycles. The summed E-state index contributed by atoms with van der Waals surface area (Å²) in [7, 11) is -3.52. The molecule has 0 bridgehead atoms. The van der Waals surface area contributed by atoms with Crippen LogP contribution in [0.25, 0.3) is 0 Å². The second-order valence-electron chi connectivity index (χ2n) is 7.18. The van der Waals surface area contributed by atoms with Gasteiger partial charge < -0.3 is 9.80 Å². The molecule has 0 saturated carbocycles. The van der Waals surface area contributed by atoms with Gasteiger partial charge in [0, 0.05) is 32.2 Å². The summed E-state index contributed by atoms with van der Waals surface area (Å²) in [4.78, 5) is 16.0. The molecule has 6 nitrogen and oxygen atoms in total. The van der Waals surface area contributed by atoms with Crippen LogP contribution >= 0.6 is 0 Å². The Labute approximate surface area is 150 Å². The lowest BCUT2D eigenvalue weighted by molar-refractivity contribution is -0.116. The number of rotatable bonds is 6. The van der Waals surface area contributed by atoms with Crippen molar-refractivity contribution in [1.29, 1.82) is 0 Å². The number of amides is 1. The van der Waals surface area contributed by atoms with Crippen molar-refractivity contribution in [2.75, 3.05) is 37.6 Å². The summed E-state index contributed by atoms with van der Waals surface area (Å²) in [6.07, 6.45) is 3.18. The van der Waals surface area contributed by atoms with E-state index < -0.39 is 10.0 Å². The number of hydrogen-bond donors (Lipinski definition) is 1. The van der Waals surface area contributed by atoms with Gasteiger partial charge in [0.15, 0.2) is 0 Å². The molecule has 1 atom stereocenters. The topological polar surface area (TPSA) is 69.7 Å². The van der Waals surface area contributed by atoms with E-state index in [2.05, 4.69) is 16.5 Å². The minimum Gasteiger partial charge on any atom is -0.312 e. The number of benzene rings is 1. The first kappa shape index (κ1) is 18.4. The van der Waals surface area contributed by atoms with E-state index in [1.165, 1.54) is 19.8 Å². The van der Waals surface area contributed by atoms with E-state index in [-0.39, 0.29) is 16.7 Å². The fraction of sp³-hybridized carbons (Fsp3) is 0.611. The number of fused-ring (bicyclic) bond motifs is 1. The zero-order valence-corrected chi connectivity index (χ0v) is 15.8. The van der Waals surface area contributed by atoms with Crippen molar-refractivity contribution in [2.45, 2.75) is 38.0 Å². The number of sulfonamides is 1. The third-order valence-corrected chi connectivity index (χ3v) is 6.45. The van der Waals surface area contributed by atoms with Crippen LogP contribution < -0.4 is 9.62 Å². The summed E-state index contributed by atoms with van der Waals surface area (Å²) in [5.74, 6) is 0.263. The molecule has 1 aromatic carbocycles. The first-order valence-corrected chi connectivity index (χ1v) is 10.5. The molecule has 1 fully saturated rings. The molecule has 0 spiro atoms. The van der Waals surface area contributed by atoms with Gasteiger partial charge in [-0.2, -0.15) is 0 Å². The van der Waals surface area contributed by atoms with Gasteiger partial charge in [-0.25, -0.2) is 13.1 Å². The zero-order valence-electron chi connectivity index (χ0n) is 15.0. The first-order valence-electron chi connectivity index (χ1n) is 9.00. The fourth-order valence-electron chi connectivity index (χ4n) is 3.68. The molecule has 0 radical (unpaired) electrons. The van der Waals surface area contributed by atoms with Crippen molar-refractivity contribution in [3.05, 3.63) is 23.8 Å². The third-order valence-electron chi connectivity index (χ3n) is 5.03. The van der Waals surface area contributed by atoms with Gasteiger partial charge in [-0.3, -0.25) is 4.79 Å². The summed E-state index contributed by atoms with van der Waals surface area (Å²) in [5.41, 5.74) is 1.75. The third kappa shape index (κ3) is 4.22. The lowest BCUT2D eigenvalue weighted by atomic mass is 10.2. The van der Waals surface area contributed by atoms with E-state index in [4.69, 9.17) is 0 Å². The normalized spacial score (nSPS) is 19.2. The molecule has 3 rings (SSSR count). The Morgan fingerprint density at radius 2 is 1.96 bits per heavy atom. The van der Waals surface area contributed by atoms with E-state index in [0.717, 1.165) is 30.9 Å². The molecular weight excluding hydrogens is 338 g/mol. The molecule has 1 N–H and O–H groups in total. The Bertz CT molecular complexity index is 742. The monoisotopic (exact) mass is 365 g/mol. The average Bonchev–Trinajstić information content (AvgIpc) is 3.21. The van der Waals surface area contributed by atoms with Crippen molar-refractivity contribution < 1.29 is 13.2 Å². The molecule has 138 valence electrons. The Morgan fingerprint density at radius 1 is 1.24 bits per heavy atom. The van der Waals surface area contributed by atoms with E-state index in [0.29, 0.717) is 19.5 Å². The lowest BCUT2D eigenvalue weighted by Gasteiger charge is -2.20. The van der Waals surface area contributed by atoms with Gasteiger partial charge in [-0.1, -0.05) is 6.92 Å². The summed E-state index contributed by atoms with van der Waals surface area (Å²) in [6, 6.07) is 5.03. The summed E-state index contributed by atoms with van der Waals surface area (Å²) < 4.78 is 27.9. The van der Waals surface area contributed by atoms with Crippen LogP contribution in [0.2, 0.25) is 0 Å². The number of anilines is 1. The van der Waals surface area contributed by atoms with E-state index in [9.17, 15) is 13.2 Å². The maximum atomic E-state index is 12.6. The maximum absolute atomic E-state index is 12.6. The number of nitrogens with one attached hydrogen (secondary N) is 1. The molecule has 1 amide bonds. The highest BCUT2D eigenvalue weighted by molar-refractivity contribution is 7.89. The number of nitrogens with zero attached hydrogens (tertiary/aromatic N) is 2. The van der Waals surface area contributed by atoms with Crippen LogP contribution in [-0.2, 0) is 21.2 Å². The smallest absolute Gasteiger partial charge is 0.240 e. The van der Waals surface area contributed by atoms with Crippen LogP contribution in [0.4, 0.5) is 5.69 Å². The molecule has 2 aliphatic rings. The van der Waals surface area contributed by atoms with Crippen LogP contribution in [0.15, 0.2) is 23.1 Å². The quantitative estimate of drug-likeness (QED) is 0.831. The molecule has 0 aromatic heterocycles. The van der Waals surface area contributed by atoms with Crippen molar-refractivity contribution in [2.24, 2.45) is 5.92 Å². The van der Waals surface area contributed by atoms with Gasteiger partial charge in [0.25, 0.3) is 0 Å². The molecule has 0 unspecified atom stereocenters. The highest BCUT2D eigenvalue weighted by Crippen LogP contribution is 2.30. The average molecular weight is 365 g/mol. The molecular formula is C18H27N3O3S. The van der Waals surface area contributed by atoms with Gasteiger partial charge in [0.2, 0.25) is 15.9 Å². The molecule has 1 aromatic rings. The largest absolute Gasteiger partial charge is 0.312 e. The minimum absolute atomic E-state index is 0.0109. The highest BCUT2D eigenvalue weighted by Gasteiger charge is 2.25. The standard InChI is InChI=1S/C18H27N3O3S/c1-14(13-20-8-3-4-9-20)12-19-25(23,24)17-5-6-18-16(11-17)7-10-21(18)15(2)22/h5-6,11,14,19H,3-4,7-10,12-13H2,1-2H3/t14-/m0/s1. The molecule has 2 aliphatic heterocycles. The Hall–Kier alpha value is -1.44. The van der Waals surface area contributed by atoms with Crippen LogP contribution in [-0.4, -0.2) is 51.9 Å². The lowest BCUT2D eigenvalue weighted by Crippen LogP contribution is -2.34. The van der Waals surface area contributed by atoms with Gasteiger partial charge in [0.1, 0.15) is 0 Å². The predicted octanol–water partition coefficient (Wildman–Crippen LogP) is 1.61. The van der Waals surface area contributed by atoms with Gasteiger partial charge in [-0.05, 0) is 62.0 Å². The maximum Gasteiger partial charge on any atom is 0.240 e. The zero-order chi connectivity index (χ0) is 18.0. The van der Waals surface area contributed by atoms with Crippen LogP contribution in [0.3, 0.4) is 0 Å². The number of carbonyl (C=O) groups is 1. The Balaban J connectivity index is 1.63. The first-order chi connectivity index (χ1) is 11.9. The van der Waals surface area contributed by atoms with E-state index in [1.54, 1.807) is 23.1 Å². The van der Waals surface area contributed by atoms with Crippen LogP contribution in [0.5, 0.6) is 0 Å². The summed E-state index contributed by atoms with van der Waals surface area (Å²) in [5, 5.41) is 0. The predicted molar refractivity (Wildman–Crippen MR) is 98.2 cm³/mol. The molecule has 1 saturated heterocycles. The number of hydrogen-bond acceptors (Lipinski definition) is 4. The second-order valence-corrected chi connectivity index (χ2v) is 8.94. The van der Waals surface area contributed by atoms with E-state index >= 15 is 0 Å². The number of carbonyl (C=O) groups excluding carboxylic acids is 1. The number of likely N-dealkylation sites (tertiary alicyclic amines) is 1. The Kier molecular flexibility index (Phi) is 5.46. The van der Waals surface area contributed by atoms with Crippen LogP contribution in [0.1, 0.15) is 32.3 Å². The van der Waals surface area contributed by atoms with Crippen molar-refractivity contribution in [3.8, 4) is 0 Å². The van der Waals surface area contributed by atoms with E-state index in [1.807, 2.05) is 0 Å². The van der Waals surface area contributed by atoms with Gasteiger partial charge >= 0.3 is 0 Å². The fourth-order valence-corrected chi connectivity index (χ4v) is 4.89. The van der Waals surface area contributed by atoms with Crippen LogP contribution in [0, 0.1) is 5.92 Å². The van der Waals surface area contributed by atoms with Gasteiger partial charge in [0.05, 0.1) is 4.90 Å². The van der Waals surface area contributed by atoms with Crippen molar-refractivity contribution in [1.82, 2.24) is 9.62 Å². The SMILES string of the molecule is CC(=O)N1CCc2cc(S(=O)(=O)NC[C@H](C)CN3CCCC3)ccc21. The molecule has 25 heavy (non-hydrogen) atoms. The summed E-state index contributed by atoms with van der Waals surface area (Å²) in [6.45, 7) is 7.84. The summed E-state index contributed by atoms with van der Waals surface area (Å²) >= 11 is 0. The second kappa shape index (κ2) is 7.43.